The van der Waals surface area contributed by atoms with Crippen LogP contribution in [0.25, 0.3) is 10.2 Å². The average Bonchev–Trinajstić information content (AvgIpc) is 3.36. The van der Waals surface area contributed by atoms with Crippen molar-refractivity contribution in [3.8, 4) is 0 Å². The zero-order valence-corrected chi connectivity index (χ0v) is 22.2. The number of thiol groups is 1. The van der Waals surface area contributed by atoms with Crippen LogP contribution in [0.3, 0.4) is 0 Å². The van der Waals surface area contributed by atoms with Gasteiger partial charge in [0.25, 0.3) is 0 Å². The highest BCUT2D eigenvalue weighted by molar-refractivity contribution is 7.80. The van der Waals surface area contributed by atoms with Gasteiger partial charge in [-0.15, -0.1) is 11.3 Å². The van der Waals surface area contributed by atoms with Gasteiger partial charge in [0.2, 0.25) is 11.8 Å². The van der Waals surface area contributed by atoms with Gasteiger partial charge in [0.05, 0.1) is 16.8 Å². The number of aromatic nitrogens is 2. The third-order valence-electron chi connectivity index (χ3n) is 7.86. The lowest BCUT2D eigenvalue weighted by Gasteiger charge is -2.36. The van der Waals surface area contributed by atoms with E-state index < -0.39 is 0 Å². The molecule has 0 spiro atoms. The second-order valence-electron chi connectivity index (χ2n) is 9.92. The predicted octanol–water partition coefficient (Wildman–Crippen LogP) is 3.18. The molecule has 2 saturated heterocycles. The number of benzene rings is 1. The summed E-state index contributed by atoms with van der Waals surface area (Å²) in [6.07, 6.45) is 2.62. The van der Waals surface area contributed by atoms with E-state index in [1.54, 1.807) is 17.7 Å². The number of amides is 2. The molecule has 0 radical (unpaired) electrons. The SMILES string of the molecule is Cc1sc2ncnc(N3CCN(Cc4cccc5c4CN(C4CCC(=O)NC4=O)C5S)CC3)c2c1C. The van der Waals surface area contributed by atoms with Crippen LogP contribution in [0.15, 0.2) is 24.5 Å². The van der Waals surface area contributed by atoms with Crippen molar-refractivity contribution in [2.75, 3.05) is 31.1 Å². The maximum absolute atomic E-state index is 12.5. The molecular formula is C26H30N6O2S2. The minimum Gasteiger partial charge on any atom is -0.353 e. The van der Waals surface area contributed by atoms with Gasteiger partial charge in [-0.3, -0.25) is 24.7 Å². The molecule has 1 N–H and O–H groups in total. The summed E-state index contributed by atoms with van der Waals surface area (Å²) in [7, 11) is 0. The Balaban J connectivity index is 1.15. The maximum atomic E-state index is 12.5. The van der Waals surface area contributed by atoms with E-state index in [1.807, 2.05) is 0 Å². The van der Waals surface area contributed by atoms with Gasteiger partial charge in [-0.05, 0) is 42.5 Å². The minimum absolute atomic E-state index is 0.141. The standard InChI is InChI=1S/C26H30N6O2S2/c1-15-16(2)36-25-22(15)23(27-14-28-25)31-10-8-30(9-11-31)12-17-4-3-5-18-19(17)13-32(26(18)35)20-6-7-21(33)29-24(20)34/h3-5,14,20,26,35H,6-13H2,1-2H3,(H,29,33,34). The molecule has 0 aliphatic carbocycles. The molecule has 0 saturated carbocycles. The minimum atomic E-state index is -0.317. The summed E-state index contributed by atoms with van der Waals surface area (Å²) in [6.45, 7) is 9.63. The average molecular weight is 523 g/mol. The van der Waals surface area contributed by atoms with Gasteiger partial charge in [0, 0.05) is 50.6 Å². The summed E-state index contributed by atoms with van der Waals surface area (Å²) in [5.41, 5.74) is 5.02. The van der Waals surface area contributed by atoms with Gasteiger partial charge in [-0.2, -0.15) is 12.6 Å². The van der Waals surface area contributed by atoms with Gasteiger partial charge in [0.1, 0.15) is 17.0 Å². The third-order valence-corrected chi connectivity index (χ3v) is 9.55. The highest BCUT2D eigenvalue weighted by Gasteiger charge is 2.39. The van der Waals surface area contributed by atoms with Crippen LogP contribution >= 0.6 is 24.0 Å². The van der Waals surface area contributed by atoms with Crippen LogP contribution in [-0.4, -0.2) is 63.8 Å². The molecule has 2 amide bonds. The second kappa shape index (κ2) is 9.41. The Bertz CT molecular complexity index is 1350. The Hall–Kier alpha value is -2.53. The van der Waals surface area contributed by atoms with E-state index in [4.69, 9.17) is 12.6 Å². The maximum Gasteiger partial charge on any atom is 0.243 e. The molecule has 0 bridgehead atoms. The molecule has 8 nitrogen and oxygen atoms in total. The summed E-state index contributed by atoms with van der Waals surface area (Å²) < 4.78 is 0. The number of fused-ring (bicyclic) bond motifs is 2. The number of thiophene rings is 1. The molecule has 3 aliphatic rings. The number of rotatable bonds is 4. The number of piperazine rings is 1. The molecule has 2 unspecified atom stereocenters. The predicted molar refractivity (Wildman–Crippen MR) is 144 cm³/mol. The topological polar surface area (TPSA) is 81.7 Å². The van der Waals surface area contributed by atoms with Gasteiger partial charge in [-0.1, -0.05) is 18.2 Å². The second-order valence-corrected chi connectivity index (χ2v) is 11.6. The smallest absolute Gasteiger partial charge is 0.243 e. The van der Waals surface area contributed by atoms with Crippen molar-refractivity contribution in [1.29, 1.82) is 0 Å². The van der Waals surface area contributed by atoms with Crippen molar-refractivity contribution in [3.63, 3.8) is 0 Å². The molecule has 2 fully saturated rings. The number of imide groups is 1. The highest BCUT2D eigenvalue weighted by Crippen LogP contribution is 2.41. The lowest BCUT2D eigenvalue weighted by atomic mass is 10.0. The number of aryl methyl sites for hydroxylation is 2. The monoisotopic (exact) mass is 522 g/mol. The summed E-state index contributed by atoms with van der Waals surface area (Å²) in [5.74, 6) is 0.668. The normalized spacial score (nSPS) is 23.4. The van der Waals surface area contributed by atoms with Crippen molar-refractivity contribution in [3.05, 3.63) is 51.7 Å². The Labute approximate surface area is 220 Å². The van der Waals surface area contributed by atoms with E-state index in [9.17, 15) is 9.59 Å². The Kier molecular flexibility index (Phi) is 6.23. The van der Waals surface area contributed by atoms with Crippen molar-refractivity contribution < 1.29 is 9.59 Å². The number of piperidine rings is 1. The third kappa shape index (κ3) is 4.09. The molecule has 1 aromatic carbocycles. The first-order valence-electron chi connectivity index (χ1n) is 12.5. The van der Waals surface area contributed by atoms with E-state index in [0.717, 1.165) is 43.4 Å². The van der Waals surface area contributed by atoms with Crippen LogP contribution in [0.4, 0.5) is 5.82 Å². The molecule has 188 valence electrons. The molecule has 10 heteroatoms. The van der Waals surface area contributed by atoms with Crippen LogP contribution in [-0.2, 0) is 22.7 Å². The summed E-state index contributed by atoms with van der Waals surface area (Å²) in [5, 5.41) is 3.55. The van der Waals surface area contributed by atoms with E-state index in [0.29, 0.717) is 19.4 Å². The van der Waals surface area contributed by atoms with E-state index in [-0.39, 0.29) is 23.2 Å². The van der Waals surface area contributed by atoms with Gasteiger partial charge >= 0.3 is 0 Å². The molecule has 6 rings (SSSR count). The number of hydrogen-bond donors (Lipinski definition) is 2. The zero-order valence-electron chi connectivity index (χ0n) is 20.5. The molecule has 2 aromatic heterocycles. The Morgan fingerprint density at radius 2 is 1.94 bits per heavy atom. The molecule has 5 heterocycles. The molecule has 3 aromatic rings. The molecule has 2 atom stereocenters. The first-order chi connectivity index (χ1) is 17.4. The quantitative estimate of drug-likeness (QED) is 0.402. The van der Waals surface area contributed by atoms with Gasteiger partial charge in [0.15, 0.2) is 0 Å². The zero-order chi connectivity index (χ0) is 25.0. The Morgan fingerprint density at radius 3 is 2.72 bits per heavy atom. The molecular weight excluding hydrogens is 492 g/mol. The largest absolute Gasteiger partial charge is 0.353 e. The van der Waals surface area contributed by atoms with Crippen molar-refractivity contribution in [1.82, 2.24) is 25.1 Å². The van der Waals surface area contributed by atoms with Crippen molar-refractivity contribution >= 4 is 51.8 Å². The van der Waals surface area contributed by atoms with Gasteiger partial charge in [-0.25, -0.2) is 9.97 Å². The summed E-state index contributed by atoms with van der Waals surface area (Å²) in [4.78, 5) is 42.7. The van der Waals surface area contributed by atoms with Gasteiger partial charge < -0.3 is 4.90 Å². The number of nitrogens with one attached hydrogen (secondary N) is 1. The van der Waals surface area contributed by atoms with E-state index in [2.05, 4.69) is 62.0 Å². The summed E-state index contributed by atoms with van der Waals surface area (Å²) in [6, 6.07) is 6.10. The summed E-state index contributed by atoms with van der Waals surface area (Å²) >= 11 is 6.62. The number of nitrogens with zero attached hydrogens (tertiary/aromatic N) is 5. The molecule has 36 heavy (non-hydrogen) atoms. The van der Waals surface area contributed by atoms with Crippen LogP contribution in [0, 0.1) is 13.8 Å². The van der Waals surface area contributed by atoms with Crippen LogP contribution in [0.1, 0.15) is 45.3 Å². The first-order valence-corrected chi connectivity index (χ1v) is 13.8. The van der Waals surface area contributed by atoms with Crippen LogP contribution in [0.5, 0.6) is 0 Å². The lowest BCUT2D eigenvalue weighted by Crippen LogP contribution is -2.51. The number of hydrogen-bond acceptors (Lipinski definition) is 9. The van der Waals surface area contributed by atoms with Crippen LogP contribution in [0.2, 0.25) is 0 Å². The lowest BCUT2D eigenvalue weighted by molar-refractivity contribution is -0.137. The first kappa shape index (κ1) is 23.8. The van der Waals surface area contributed by atoms with Crippen molar-refractivity contribution in [2.24, 2.45) is 0 Å². The highest BCUT2D eigenvalue weighted by atomic mass is 32.1. The van der Waals surface area contributed by atoms with E-state index >= 15 is 0 Å². The number of carbonyl (C=O) groups is 2. The van der Waals surface area contributed by atoms with E-state index in [1.165, 1.54) is 32.5 Å². The fraction of sp³-hybridized carbons (Fsp3) is 0.462. The number of carbonyl (C=O) groups excluding carboxylic acids is 2. The van der Waals surface area contributed by atoms with Crippen molar-refractivity contribution in [2.45, 2.75) is 51.2 Å². The fourth-order valence-corrected chi connectivity index (χ4v) is 7.20. The number of anilines is 1. The van der Waals surface area contributed by atoms with Crippen LogP contribution < -0.4 is 10.2 Å². The Morgan fingerprint density at radius 1 is 1.14 bits per heavy atom. The fourth-order valence-electron chi connectivity index (χ4n) is 5.73. The molecule has 3 aliphatic heterocycles.